The molecule has 1 aromatic carbocycles. The van der Waals surface area contributed by atoms with Gasteiger partial charge in [0.15, 0.2) is 11.2 Å². The number of aromatic amines is 2. The first kappa shape index (κ1) is 9.77. The molecule has 0 radical (unpaired) electrons. The van der Waals surface area contributed by atoms with Crippen LogP contribution in [-0.2, 0) is 6.42 Å². The van der Waals surface area contributed by atoms with Crippen LogP contribution in [0.4, 0.5) is 5.95 Å². The first-order valence-corrected chi connectivity index (χ1v) is 5.37. The Kier molecular flexibility index (Phi) is 2.22. The van der Waals surface area contributed by atoms with Gasteiger partial charge in [-0.1, -0.05) is 35.3 Å². The Morgan fingerprint density at radius 2 is 2.06 bits per heavy atom. The number of benzene rings is 1. The van der Waals surface area contributed by atoms with Gasteiger partial charge in [-0.25, -0.2) is 4.98 Å². The van der Waals surface area contributed by atoms with E-state index in [9.17, 15) is 0 Å². The molecule has 0 saturated heterocycles. The van der Waals surface area contributed by atoms with Gasteiger partial charge >= 0.3 is 0 Å². The number of anilines is 1. The molecule has 0 aliphatic heterocycles. The van der Waals surface area contributed by atoms with Crippen LogP contribution in [0, 0.1) is 0 Å². The maximum Gasteiger partial charge on any atom is 0.291 e. The lowest BCUT2D eigenvalue weighted by Crippen LogP contribution is -2.07. The third-order valence-corrected chi connectivity index (χ3v) is 2.65. The van der Waals surface area contributed by atoms with Crippen molar-refractivity contribution < 1.29 is 4.98 Å². The number of nitrogens with two attached hydrogens (primary N) is 1. The van der Waals surface area contributed by atoms with Crippen molar-refractivity contribution in [1.82, 2.24) is 15.0 Å². The monoisotopic (exact) mass is 226 g/mol. The molecule has 3 rings (SSSR count). The Morgan fingerprint density at radius 3 is 2.88 bits per heavy atom. The Morgan fingerprint density at radius 1 is 1.24 bits per heavy atom. The van der Waals surface area contributed by atoms with E-state index in [1.54, 1.807) is 6.33 Å². The fourth-order valence-corrected chi connectivity index (χ4v) is 1.86. The van der Waals surface area contributed by atoms with Crippen LogP contribution in [-0.4, -0.2) is 15.0 Å². The minimum atomic E-state index is 0.401. The molecule has 5 heteroatoms. The smallest absolute Gasteiger partial charge is 0.291 e. The summed E-state index contributed by atoms with van der Waals surface area (Å²) in [5, 5.41) is 0. The highest BCUT2D eigenvalue weighted by Gasteiger charge is 2.14. The fourth-order valence-electron chi connectivity index (χ4n) is 1.86. The standard InChI is InChI=1S/C12H11N5/c13-12-16-10-9(14-7-15-11(10)17-12)6-8-4-2-1-3-5-8/h1-5,7H,6H2,(H3,13,14,15,16,17)/p+1. The summed E-state index contributed by atoms with van der Waals surface area (Å²) in [6, 6.07) is 10.2. The number of nitrogens with one attached hydrogen (secondary N) is 2. The number of nitrogen functional groups attached to an aromatic ring is 1. The zero-order chi connectivity index (χ0) is 11.7. The summed E-state index contributed by atoms with van der Waals surface area (Å²) in [5.74, 6) is 0.401. The number of hydrogen-bond donors (Lipinski definition) is 2. The van der Waals surface area contributed by atoms with E-state index < -0.39 is 0 Å². The molecule has 0 amide bonds. The van der Waals surface area contributed by atoms with Crippen molar-refractivity contribution in [3.8, 4) is 0 Å². The molecule has 4 N–H and O–H groups in total. The van der Waals surface area contributed by atoms with Crippen molar-refractivity contribution >= 4 is 17.1 Å². The van der Waals surface area contributed by atoms with Crippen LogP contribution >= 0.6 is 0 Å². The molecule has 84 valence electrons. The predicted molar refractivity (Wildman–Crippen MR) is 64.1 cm³/mol. The largest absolute Gasteiger partial charge is 0.355 e. The van der Waals surface area contributed by atoms with Crippen LogP contribution in [0.15, 0.2) is 36.7 Å². The Bertz CT molecular complexity index is 644. The Balaban J connectivity index is 2.06. The van der Waals surface area contributed by atoms with E-state index in [0.29, 0.717) is 5.95 Å². The maximum atomic E-state index is 5.64. The summed E-state index contributed by atoms with van der Waals surface area (Å²) in [6.07, 6.45) is 2.40. The van der Waals surface area contributed by atoms with Crippen molar-refractivity contribution in [2.45, 2.75) is 6.42 Å². The van der Waals surface area contributed by atoms with Crippen LogP contribution in [0.25, 0.3) is 11.2 Å². The molecule has 0 bridgehead atoms. The van der Waals surface area contributed by atoms with Crippen LogP contribution in [0.5, 0.6) is 0 Å². The van der Waals surface area contributed by atoms with E-state index in [2.05, 4.69) is 32.1 Å². The van der Waals surface area contributed by atoms with Crippen molar-refractivity contribution in [1.29, 1.82) is 0 Å². The zero-order valence-electron chi connectivity index (χ0n) is 9.14. The highest BCUT2D eigenvalue weighted by atomic mass is 15.1. The summed E-state index contributed by atoms with van der Waals surface area (Å²) in [4.78, 5) is 14.5. The summed E-state index contributed by atoms with van der Waals surface area (Å²) in [6.45, 7) is 0. The van der Waals surface area contributed by atoms with Crippen molar-refractivity contribution in [3.63, 3.8) is 0 Å². The number of imidazole rings is 1. The van der Waals surface area contributed by atoms with Crippen molar-refractivity contribution in [3.05, 3.63) is 47.9 Å². The second-order valence-corrected chi connectivity index (χ2v) is 3.86. The molecule has 0 fully saturated rings. The number of aromatic nitrogens is 4. The maximum absolute atomic E-state index is 5.64. The minimum Gasteiger partial charge on any atom is -0.355 e. The Hall–Kier alpha value is -2.43. The summed E-state index contributed by atoms with van der Waals surface area (Å²) >= 11 is 0. The molecular formula is C12H12N5+. The van der Waals surface area contributed by atoms with Crippen molar-refractivity contribution in [2.24, 2.45) is 0 Å². The van der Waals surface area contributed by atoms with Gasteiger partial charge in [0.2, 0.25) is 6.33 Å². The van der Waals surface area contributed by atoms with Crippen LogP contribution < -0.4 is 10.7 Å². The van der Waals surface area contributed by atoms with Gasteiger partial charge in [0.1, 0.15) is 0 Å². The van der Waals surface area contributed by atoms with Gasteiger partial charge in [-0.05, 0) is 5.56 Å². The highest BCUT2D eigenvalue weighted by molar-refractivity contribution is 5.72. The quantitative estimate of drug-likeness (QED) is 0.682. The van der Waals surface area contributed by atoms with E-state index in [1.165, 1.54) is 5.56 Å². The third kappa shape index (κ3) is 1.82. The highest BCUT2D eigenvalue weighted by Crippen LogP contribution is 2.14. The molecule has 0 aliphatic rings. The second kappa shape index (κ2) is 3.86. The molecule has 0 saturated carbocycles. The van der Waals surface area contributed by atoms with E-state index in [1.807, 2.05) is 18.2 Å². The lowest BCUT2D eigenvalue weighted by molar-refractivity contribution is -0.352. The molecule has 3 aromatic rings. The van der Waals surface area contributed by atoms with Gasteiger partial charge in [0.05, 0.1) is 0 Å². The molecule has 17 heavy (non-hydrogen) atoms. The molecule has 2 heterocycles. The number of hydrogen-bond acceptors (Lipinski definition) is 3. The molecule has 0 unspecified atom stereocenters. The number of fused-ring (bicyclic) bond motifs is 1. The summed E-state index contributed by atoms with van der Waals surface area (Å²) < 4.78 is 0. The predicted octanol–water partition coefficient (Wildman–Crippen LogP) is 0.945. The van der Waals surface area contributed by atoms with E-state index in [4.69, 9.17) is 5.73 Å². The summed E-state index contributed by atoms with van der Waals surface area (Å²) in [5.41, 5.74) is 9.39. The van der Waals surface area contributed by atoms with Gasteiger partial charge < -0.3 is 10.7 Å². The topological polar surface area (TPSA) is 81.7 Å². The molecule has 0 atom stereocenters. The van der Waals surface area contributed by atoms with Crippen LogP contribution in [0.3, 0.4) is 0 Å². The van der Waals surface area contributed by atoms with Crippen molar-refractivity contribution in [2.75, 3.05) is 5.73 Å². The van der Waals surface area contributed by atoms with E-state index >= 15 is 0 Å². The second-order valence-electron chi connectivity index (χ2n) is 3.86. The molecule has 0 aliphatic carbocycles. The zero-order valence-corrected chi connectivity index (χ0v) is 9.14. The average molecular weight is 226 g/mol. The molecule has 5 nitrogen and oxygen atoms in total. The average Bonchev–Trinajstić information content (AvgIpc) is 2.72. The number of H-pyrrole nitrogens is 2. The first-order chi connectivity index (χ1) is 8.33. The van der Waals surface area contributed by atoms with Crippen LogP contribution in [0.1, 0.15) is 11.3 Å². The van der Waals surface area contributed by atoms with Gasteiger partial charge in [0.25, 0.3) is 11.6 Å². The molecule has 0 spiro atoms. The van der Waals surface area contributed by atoms with Gasteiger partial charge in [0, 0.05) is 6.42 Å². The minimum absolute atomic E-state index is 0.401. The van der Waals surface area contributed by atoms with Gasteiger partial charge in [-0.3, -0.25) is 0 Å². The lowest BCUT2D eigenvalue weighted by atomic mass is 10.1. The summed E-state index contributed by atoms with van der Waals surface area (Å²) in [7, 11) is 0. The normalized spacial score (nSPS) is 10.8. The van der Waals surface area contributed by atoms with Gasteiger partial charge in [-0.15, -0.1) is 4.98 Å². The molecular weight excluding hydrogens is 214 g/mol. The SMILES string of the molecule is Nc1nc2[nH+]cnc(Cc3ccccc3)c2[nH]1. The first-order valence-electron chi connectivity index (χ1n) is 5.37. The van der Waals surface area contributed by atoms with Crippen LogP contribution in [0.2, 0.25) is 0 Å². The van der Waals surface area contributed by atoms with E-state index in [0.717, 1.165) is 23.3 Å². The molecule has 2 aromatic heterocycles. The Labute approximate surface area is 97.7 Å². The number of rotatable bonds is 2. The lowest BCUT2D eigenvalue weighted by Gasteiger charge is -1.97. The fraction of sp³-hybridized carbons (Fsp3) is 0.0833. The van der Waals surface area contributed by atoms with E-state index in [-0.39, 0.29) is 0 Å². The third-order valence-electron chi connectivity index (χ3n) is 2.65. The number of nitrogens with zero attached hydrogens (tertiary/aromatic N) is 2. The van der Waals surface area contributed by atoms with Gasteiger partial charge in [-0.2, -0.15) is 0 Å².